The molecule has 0 saturated carbocycles. The van der Waals surface area contributed by atoms with Gasteiger partial charge in [-0.3, -0.25) is 0 Å². The molecular formula is C9H7BrClNS. The fraction of sp³-hybridized carbons (Fsp3) is 0.111. The SMILES string of the molecule is Nc1cc(Br)c2sccc2c1CCl. The largest absolute Gasteiger partial charge is 0.398 e. The Labute approximate surface area is 93.6 Å². The first-order chi connectivity index (χ1) is 6.24. The van der Waals surface area contributed by atoms with E-state index in [-0.39, 0.29) is 0 Å². The number of nitrogens with two attached hydrogens (primary N) is 1. The number of nitrogen functional groups attached to an aromatic ring is 1. The molecule has 0 amide bonds. The van der Waals surface area contributed by atoms with Crippen LogP contribution in [-0.4, -0.2) is 0 Å². The van der Waals surface area contributed by atoms with E-state index in [9.17, 15) is 0 Å². The van der Waals surface area contributed by atoms with E-state index in [2.05, 4.69) is 22.0 Å². The number of fused-ring (bicyclic) bond motifs is 1. The molecular weight excluding hydrogens is 270 g/mol. The predicted octanol–water partition coefficient (Wildman–Crippen LogP) is 3.98. The number of thiophene rings is 1. The Balaban J connectivity index is 2.88. The van der Waals surface area contributed by atoms with Crippen LogP contribution in [0.5, 0.6) is 0 Å². The number of hydrogen-bond donors (Lipinski definition) is 1. The van der Waals surface area contributed by atoms with Gasteiger partial charge in [0.2, 0.25) is 0 Å². The highest BCUT2D eigenvalue weighted by atomic mass is 79.9. The van der Waals surface area contributed by atoms with Crippen molar-refractivity contribution < 1.29 is 0 Å². The molecule has 1 aromatic heterocycles. The molecule has 2 rings (SSSR count). The third-order valence-electron chi connectivity index (χ3n) is 1.97. The van der Waals surface area contributed by atoms with Crippen molar-refractivity contribution in [3.05, 3.63) is 27.5 Å². The maximum absolute atomic E-state index is 5.85. The number of halogens is 2. The first kappa shape index (κ1) is 9.31. The standard InChI is InChI=1S/C9H7BrClNS/c10-7-3-8(12)6(4-11)5-1-2-13-9(5)7/h1-3H,4,12H2. The molecule has 68 valence electrons. The Morgan fingerprint density at radius 3 is 3.00 bits per heavy atom. The summed E-state index contributed by atoms with van der Waals surface area (Å²) in [5.74, 6) is 0.465. The number of alkyl halides is 1. The summed E-state index contributed by atoms with van der Waals surface area (Å²) in [7, 11) is 0. The minimum atomic E-state index is 0.465. The smallest absolute Gasteiger partial charge is 0.0500 e. The van der Waals surface area contributed by atoms with Crippen LogP contribution in [0.4, 0.5) is 5.69 Å². The average molecular weight is 277 g/mol. The van der Waals surface area contributed by atoms with Gasteiger partial charge in [-0.2, -0.15) is 0 Å². The zero-order chi connectivity index (χ0) is 9.42. The summed E-state index contributed by atoms with van der Waals surface area (Å²) in [5, 5.41) is 3.21. The molecule has 0 fully saturated rings. The second-order valence-corrected chi connectivity index (χ2v) is 4.76. The molecule has 0 unspecified atom stereocenters. The fourth-order valence-corrected chi connectivity index (χ4v) is 3.19. The van der Waals surface area contributed by atoms with Crippen LogP contribution in [-0.2, 0) is 5.88 Å². The van der Waals surface area contributed by atoms with Crippen molar-refractivity contribution >= 4 is 54.6 Å². The molecule has 0 aliphatic heterocycles. The monoisotopic (exact) mass is 275 g/mol. The molecule has 0 aliphatic rings. The van der Waals surface area contributed by atoms with Gasteiger partial charge in [0.1, 0.15) is 0 Å². The summed E-state index contributed by atoms with van der Waals surface area (Å²) in [5.41, 5.74) is 7.63. The molecule has 1 aromatic carbocycles. The second kappa shape index (κ2) is 3.48. The second-order valence-electron chi connectivity index (χ2n) is 2.72. The highest BCUT2D eigenvalue weighted by molar-refractivity contribution is 9.10. The quantitative estimate of drug-likeness (QED) is 0.619. The molecule has 0 radical (unpaired) electrons. The van der Waals surface area contributed by atoms with Gasteiger partial charge in [-0.1, -0.05) is 0 Å². The van der Waals surface area contributed by atoms with Crippen molar-refractivity contribution in [2.45, 2.75) is 5.88 Å². The average Bonchev–Trinajstić information content (AvgIpc) is 2.53. The lowest BCUT2D eigenvalue weighted by Gasteiger charge is -2.05. The van der Waals surface area contributed by atoms with Crippen LogP contribution < -0.4 is 5.73 Å². The lowest BCUT2D eigenvalue weighted by atomic mass is 10.1. The molecule has 0 saturated heterocycles. The lowest BCUT2D eigenvalue weighted by molar-refractivity contribution is 1.45. The van der Waals surface area contributed by atoms with Crippen LogP contribution in [0.3, 0.4) is 0 Å². The van der Waals surface area contributed by atoms with E-state index in [1.165, 1.54) is 4.70 Å². The third kappa shape index (κ3) is 1.45. The summed E-state index contributed by atoms with van der Waals surface area (Å²) in [6, 6.07) is 3.97. The van der Waals surface area contributed by atoms with E-state index in [0.29, 0.717) is 5.88 Å². The van der Waals surface area contributed by atoms with Gasteiger partial charge >= 0.3 is 0 Å². The summed E-state index contributed by atoms with van der Waals surface area (Å²) in [6.45, 7) is 0. The van der Waals surface area contributed by atoms with Gasteiger partial charge in [0.25, 0.3) is 0 Å². The fourth-order valence-electron chi connectivity index (χ4n) is 1.33. The topological polar surface area (TPSA) is 26.0 Å². The first-order valence-electron chi connectivity index (χ1n) is 3.74. The molecule has 0 aliphatic carbocycles. The maximum atomic E-state index is 5.85. The molecule has 2 aromatic rings. The lowest BCUT2D eigenvalue weighted by Crippen LogP contribution is -1.92. The van der Waals surface area contributed by atoms with Gasteiger partial charge in [0, 0.05) is 20.2 Å². The highest BCUT2D eigenvalue weighted by Crippen LogP contribution is 2.35. The van der Waals surface area contributed by atoms with Crippen molar-refractivity contribution in [1.29, 1.82) is 0 Å². The molecule has 1 nitrogen and oxygen atoms in total. The van der Waals surface area contributed by atoms with E-state index in [0.717, 1.165) is 21.1 Å². The minimum Gasteiger partial charge on any atom is -0.398 e. The van der Waals surface area contributed by atoms with E-state index in [1.54, 1.807) is 11.3 Å². The van der Waals surface area contributed by atoms with Crippen molar-refractivity contribution in [3.8, 4) is 0 Å². The molecule has 13 heavy (non-hydrogen) atoms. The number of hydrogen-bond acceptors (Lipinski definition) is 2. The van der Waals surface area contributed by atoms with Crippen LogP contribution >= 0.6 is 38.9 Å². The zero-order valence-corrected chi connectivity index (χ0v) is 9.84. The highest BCUT2D eigenvalue weighted by Gasteiger charge is 2.08. The van der Waals surface area contributed by atoms with Gasteiger partial charge in [-0.05, 0) is 39.0 Å². The summed E-state index contributed by atoms with van der Waals surface area (Å²) in [4.78, 5) is 0. The van der Waals surface area contributed by atoms with E-state index < -0.39 is 0 Å². The summed E-state index contributed by atoms with van der Waals surface area (Å²) in [6.07, 6.45) is 0. The third-order valence-corrected chi connectivity index (χ3v) is 4.07. The Morgan fingerprint density at radius 1 is 1.54 bits per heavy atom. The summed E-state index contributed by atoms with van der Waals surface area (Å²) < 4.78 is 2.26. The maximum Gasteiger partial charge on any atom is 0.0500 e. The van der Waals surface area contributed by atoms with Crippen LogP contribution in [0.25, 0.3) is 10.1 Å². The minimum absolute atomic E-state index is 0.465. The molecule has 1 heterocycles. The Kier molecular flexibility index (Phi) is 2.49. The van der Waals surface area contributed by atoms with Crippen molar-refractivity contribution in [3.63, 3.8) is 0 Å². The molecule has 0 atom stereocenters. The van der Waals surface area contributed by atoms with Crippen molar-refractivity contribution in [2.75, 3.05) is 5.73 Å². The molecule has 0 spiro atoms. The Bertz CT molecular complexity index is 452. The van der Waals surface area contributed by atoms with Gasteiger partial charge in [0.15, 0.2) is 0 Å². The number of anilines is 1. The van der Waals surface area contributed by atoms with Gasteiger partial charge < -0.3 is 5.73 Å². The van der Waals surface area contributed by atoms with Gasteiger partial charge in [-0.25, -0.2) is 0 Å². The van der Waals surface area contributed by atoms with Crippen molar-refractivity contribution in [2.24, 2.45) is 0 Å². The van der Waals surface area contributed by atoms with Crippen LogP contribution in [0.2, 0.25) is 0 Å². The van der Waals surface area contributed by atoms with Gasteiger partial charge in [-0.15, -0.1) is 22.9 Å². The van der Waals surface area contributed by atoms with Crippen LogP contribution in [0.1, 0.15) is 5.56 Å². The van der Waals surface area contributed by atoms with Crippen molar-refractivity contribution in [1.82, 2.24) is 0 Å². The molecule has 0 bridgehead atoms. The number of rotatable bonds is 1. The molecule has 4 heteroatoms. The normalized spacial score (nSPS) is 10.9. The Hall–Kier alpha value is -0.250. The van der Waals surface area contributed by atoms with Crippen LogP contribution in [0, 0.1) is 0 Å². The van der Waals surface area contributed by atoms with Gasteiger partial charge in [0.05, 0.1) is 5.88 Å². The number of benzene rings is 1. The van der Waals surface area contributed by atoms with E-state index >= 15 is 0 Å². The first-order valence-corrected chi connectivity index (χ1v) is 5.94. The van der Waals surface area contributed by atoms with Crippen LogP contribution in [0.15, 0.2) is 22.0 Å². The molecule has 2 N–H and O–H groups in total. The zero-order valence-electron chi connectivity index (χ0n) is 6.68. The Morgan fingerprint density at radius 2 is 2.31 bits per heavy atom. The summed E-state index contributed by atoms with van der Waals surface area (Å²) >= 11 is 11.0. The predicted molar refractivity (Wildman–Crippen MR) is 63.5 cm³/mol. The van der Waals surface area contributed by atoms with E-state index in [1.807, 2.05) is 11.4 Å². The van der Waals surface area contributed by atoms with E-state index in [4.69, 9.17) is 17.3 Å².